The molecule has 0 aliphatic heterocycles. The van der Waals surface area contributed by atoms with E-state index in [2.05, 4.69) is 5.10 Å². The van der Waals surface area contributed by atoms with Crippen molar-refractivity contribution in [2.75, 3.05) is 0 Å². The van der Waals surface area contributed by atoms with Gasteiger partial charge in [-0.25, -0.2) is 13.6 Å². The molecule has 0 aliphatic rings. The Morgan fingerprint density at radius 2 is 1.67 bits per heavy atom. The minimum absolute atomic E-state index is 0.127. The van der Waals surface area contributed by atoms with Crippen molar-refractivity contribution in [3.8, 4) is 0 Å². The highest BCUT2D eigenvalue weighted by atomic mass is 32.2. The van der Waals surface area contributed by atoms with Crippen molar-refractivity contribution in [1.29, 1.82) is 0 Å². The highest BCUT2D eigenvalue weighted by molar-refractivity contribution is 7.89. The van der Waals surface area contributed by atoms with Crippen LogP contribution in [0.15, 0.2) is 4.90 Å². The maximum absolute atomic E-state index is 12.8. The lowest BCUT2D eigenvalue weighted by Crippen LogP contribution is -2.25. The molecule has 0 aromatic carbocycles. The van der Waals surface area contributed by atoms with Gasteiger partial charge in [-0.05, 0) is 27.7 Å². The molecule has 0 radical (unpaired) electrons. The maximum Gasteiger partial charge on any atom is 0.436 e. The SMILES string of the molecule is Cc1c(S(N)(=O)=O)c(C(F)(F)F)nn1C(C)(C)C. The van der Waals surface area contributed by atoms with E-state index in [0.717, 1.165) is 4.68 Å². The second-order valence-electron chi connectivity index (χ2n) is 4.89. The van der Waals surface area contributed by atoms with E-state index in [1.165, 1.54) is 6.92 Å². The normalized spacial score (nSPS) is 14.0. The molecule has 1 aromatic heterocycles. The van der Waals surface area contributed by atoms with Crippen molar-refractivity contribution in [1.82, 2.24) is 9.78 Å². The number of halogens is 3. The molecular formula is C9H14F3N3O2S. The van der Waals surface area contributed by atoms with Crippen molar-refractivity contribution in [2.24, 2.45) is 5.14 Å². The average molecular weight is 285 g/mol. The second kappa shape index (κ2) is 3.95. The van der Waals surface area contributed by atoms with Crippen molar-refractivity contribution < 1.29 is 21.6 Å². The molecule has 18 heavy (non-hydrogen) atoms. The Morgan fingerprint density at radius 3 is 1.89 bits per heavy atom. The molecule has 0 fully saturated rings. The van der Waals surface area contributed by atoms with Crippen LogP contribution in [0.25, 0.3) is 0 Å². The first-order chi connectivity index (χ1) is 7.76. The number of hydrogen-bond acceptors (Lipinski definition) is 3. The average Bonchev–Trinajstić information content (AvgIpc) is 2.39. The summed E-state index contributed by atoms with van der Waals surface area (Å²) in [6, 6.07) is 0. The summed E-state index contributed by atoms with van der Waals surface area (Å²) >= 11 is 0. The van der Waals surface area contributed by atoms with Crippen LogP contribution in [0.4, 0.5) is 13.2 Å². The first kappa shape index (κ1) is 15.0. The second-order valence-corrected chi connectivity index (χ2v) is 6.39. The van der Waals surface area contributed by atoms with Gasteiger partial charge >= 0.3 is 6.18 Å². The van der Waals surface area contributed by atoms with Gasteiger partial charge in [-0.3, -0.25) is 4.68 Å². The van der Waals surface area contributed by atoms with E-state index in [9.17, 15) is 21.6 Å². The summed E-state index contributed by atoms with van der Waals surface area (Å²) in [5.41, 5.74) is -2.39. The Hall–Kier alpha value is -1.09. The van der Waals surface area contributed by atoms with Gasteiger partial charge in [0.15, 0.2) is 5.69 Å². The summed E-state index contributed by atoms with van der Waals surface area (Å²) in [7, 11) is -4.49. The van der Waals surface area contributed by atoms with Crippen molar-refractivity contribution in [3.05, 3.63) is 11.4 Å². The predicted molar refractivity (Wildman–Crippen MR) is 58.3 cm³/mol. The smallest absolute Gasteiger partial charge is 0.263 e. The molecule has 0 amide bonds. The fraction of sp³-hybridized carbons (Fsp3) is 0.667. The largest absolute Gasteiger partial charge is 0.436 e. The molecule has 1 heterocycles. The third-order valence-corrected chi connectivity index (χ3v) is 3.31. The molecule has 9 heteroatoms. The summed E-state index contributed by atoms with van der Waals surface area (Å²) in [5, 5.41) is 8.18. The maximum atomic E-state index is 12.8. The van der Waals surface area contributed by atoms with E-state index in [1.807, 2.05) is 0 Å². The number of nitrogens with zero attached hydrogens (tertiary/aromatic N) is 2. The topological polar surface area (TPSA) is 78.0 Å². The Bertz CT molecular complexity index is 567. The van der Waals surface area contributed by atoms with Gasteiger partial charge < -0.3 is 0 Å². The summed E-state index contributed by atoms with van der Waals surface area (Å²) in [6.45, 7) is 6.08. The van der Waals surface area contributed by atoms with E-state index in [1.54, 1.807) is 20.8 Å². The van der Waals surface area contributed by atoms with Crippen LogP contribution in [0.5, 0.6) is 0 Å². The van der Waals surface area contributed by atoms with Gasteiger partial charge in [-0.15, -0.1) is 0 Å². The number of alkyl halides is 3. The van der Waals surface area contributed by atoms with Crippen molar-refractivity contribution in [3.63, 3.8) is 0 Å². The predicted octanol–water partition coefficient (Wildman–Crippen LogP) is 1.61. The van der Waals surface area contributed by atoms with Crippen LogP contribution in [0, 0.1) is 6.92 Å². The van der Waals surface area contributed by atoms with Gasteiger partial charge in [0.2, 0.25) is 10.0 Å². The molecule has 1 aromatic rings. The van der Waals surface area contributed by atoms with Crippen LogP contribution >= 0.6 is 0 Å². The lowest BCUT2D eigenvalue weighted by atomic mass is 10.1. The van der Waals surface area contributed by atoms with Crippen LogP contribution < -0.4 is 5.14 Å². The van der Waals surface area contributed by atoms with Crippen molar-refractivity contribution in [2.45, 2.75) is 44.3 Å². The minimum Gasteiger partial charge on any atom is -0.263 e. The minimum atomic E-state index is -4.87. The quantitative estimate of drug-likeness (QED) is 0.851. The molecule has 0 atom stereocenters. The Morgan fingerprint density at radius 1 is 1.22 bits per heavy atom. The number of rotatable bonds is 1. The molecule has 0 spiro atoms. The van der Waals surface area contributed by atoms with Gasteiger partial charge in [0.1, 0.15) is 4.90 Å². The van der Waals surface area contributed by atoms with E-state index >= 15 is 0 Å². The van der Waals surface area contributed by atoms with Gasteiger partial charge in [0, 0.05) is 0 Å². The van der Waals surface area contributed by atoms with Crippen LogP contribution in [0.3, 0.4) is 0 Å². The van der Waals surface area contributed by atoms with E-state index < -0.39 is 32.3 Å². The molecule has 5 nitrogen and oxygen atoms in total. The highest BCUT2D eigenvalue weighted by Gasteiger charge is 2.43. The zero-order valence-corrected chi connectivity index (χ0v) is 11.1. The third kappa shape index (κ3) is 2.66. The lowest BCUT2D eigenvalue weighted by Gasteiger charge is -2.21. The van der Waals surface area contributed by atoms with E-state index in [0.29, 0.717) is 0 Å². The number of sulfonamides is 1. The molecule has 104 valence electrons. The zero-order chi connectivity index (χ0) is 14.5. The molecular weight excluding hydrogens is 271 g/mol. The van der Waals surface area contributed by atoms with Gasteiger partial charge in [-0.2, -0.15) is 18.3 Å². The fourth-order valence-corrected chi connectivity index (χ4v) is 2.59. The highest BCUT2D eigenvalue weighted by Crippen LogP contribution is 2.35. The molecule has 2 N–H and O–H groups in total. The first-order valence-corrected chi connectivity index (χ1v) is 6.51. The van der Waals surface area contributed by atoms with Gasteiger partial charge in [0.25, 0.3) is 0 Å². The summed E-state index contributed by atoms with van der Waals surface area (Å²) in [5.74, 6) is 0. The number of nitrogens with two attached hydrogens (primary N) is 1. The fourth-order valence-electron chi connectivity index (χ4n) is 1.67. The van der Waals surface area contributed by atoms with E-state index in [4.69, 9.17) is 5.14 Å². The summed E-state index contributed by atoms with van der Waals surface area (Å²) < 4.78 is 61.9. The molecule has 0 aliphatic carbocycles. The Labute approximate surface area is 103 Å². The van der Waals surface area contributed by atoms with Gasteiger partial charge in [-0.1, -0.05) is 0 Å². The molecule has 0 saturated carbocycles. The zero-order valence-electron chi connectivity index (χ0n) is 10.3. The van der Waals surface area contributed by atoms with Crippen molar-refractivity contribution >= 4 is 10.0 Å². The van der Waals surface area contributed by atoms with Crippen LogP contribution in [0.1, 0.15) is 32.2 Å². The van der Waals surface area contributed by atoms with Crippen LogP contribution in [-0.4, -0.2) is 18.2 Å². The molecule has 1 rings (SSSR count). The van der Waals surface area contributed by atoms with Crippen LogP contribution in [0.2, 0.25) is 0 Å². The summed E-state index contributed by atoms with van der Waals surface area (Å²) in [6.07, 6.45) is -4.87. The number of primary sulfonamides is 1. The van der Waals surface area contributed by atoms with E-state index in [-0.39, 0.29) is 5.69 Å². The Kier molecular flexibility index (Phi) is 3.29. The standard InChI is InChI=1S/C9H14F3N3O2S/c1-5-6(18(13,16)17)7(9(10,11)12)14-15(5)8(2,3)4/h1-4H3,(H2,13,16,17). The summed E-state index contributed by atoms with van der Waals surface area (Å²) in [4.78, 5) is -0.968. The number of hydrogen-bond donors (Lipinski definition) is 1. The first-order valence-electron chi connectivity index (χ1n) is 4.96. The number of aromatic nitrogens is 2. The monoisotopic (exact) mass is 285 g/mol. The van der Waals surface area contributed by atoms with Crippen LogP contribution in [-0.2, 0) is 21.7 Å². The molecule has 0 bridgehead atoms. The third-order valence-electron chi connectivity index (χ3n) is 2.25. The van der Waals surface area contributed by atoms with Gasteiger partial charge in [0.05, 0.1) is 11.2 Å². The Balaban J connectivity index is 3.75. The lowest BCUT2D eigenvalue weighted by molar-refractivity contribution is -0.143. The molecule has 0 saturated heterocycles. The molecule has 0 unspecified atom stereocenters.